The first kappa shape index (κ1) is 15.0. The summed E-state index contributed by atoms with van der Waals surface area (Å²) in [6, 6.07) is 11.0. The Morgan fingerprint density at radius 3 is 2.68 bits per heavy atom. The Labute approximate surface area is 136 Å². The Morgan fingerprint density at radius 1 is 1.23 bits per heavy atom. The van der Waals surface area contributed by atoms with Gasteiger partial charge >= 0.3 is 0 Å². The predicted molar refractivity (Wildman–Crippen MR) is 94.1 cm³/mol. The van der Waals surface area contributed by atoms with Crippen LogP contribution in [0, 0.1) is 6.92 Å². The fraction of sp³-hybridized carbons (Fsp3) is 0.412. The third-order valence-corrected chi connectivity index (χ3v) is 4.26. The lowest BCUT2D eigenvalue weighted by Crippen LogP contribution is -2.36. The number of aryl methyl sites for hydroxylation is 1. The average Bonchev–Trinajstić information content (AvgIpc) is 3.14. The molecule has 1 heterocycles. The van der Waals surface area contributed by atoms with Crippen LogP contribution in [0.15, 0.2) is 36.5 Å². The summed E-state index contributed by atoms with van der Waals surface area (Å²) in [7, 11) is 0. The van der Waals surface area contributed by atoms with Crippen LogP contribution in [0.1, 0.15) is 36.8 Å². The summed E-state index contributed by atoms with van der Waals surface area (Å²) in [5, 5.41) is 11.7. The minimum Gasteiger partial charge on any atom is -0.360 e. The maximum absolute atomic E-state index is 5.35. The molecule has 1 aliphatic carbocycles. The monoisotopic (exact) mass is 314 g/mol. The van der Waals surface area contributed by atoms with E-state index in [0.717, 1.165) is 12.4 Å². The Bertz CT molecular complexity index is 626. The highest BCUT2D eigenvalue weighted by molar-refractivity contribution is 7.80. The molecular weight excluding hydrogens is 292 g/mol. The second kappa shape index (κ2) is 6.92. The standard InChI is InChI=1S/C17H22N4S/c1-13-6-8-14(9-7-13)12-21-11-10-16(20-21)19-17(22)18-15-4-2-3-5-15/h6-11,15H,2-5,12H2,1H3,(H2,18,19,20,22). The van der Waals surface area contributed by atoms with Gasteiger partial charge in [-0.2, -0.15) is 5.10 Å². The van der Waals surface area contributed by atoms with Gasteiger partial charge in [0.15, 0.2) is 10.9 Å². The van der Waals surface area contributed by atoms with Crippen molar-refractivity contribution in [1.29, 1.82) is 0 Å². The van der Waals surface area contributed by atoms with Crippen LogP contribution in [-0.4, -0.2) is 20.9 Å². The van der Waals surface area contributed by atoms with Crippen molar-refractivity contribution in [3.8, 4) is 0 Å². The summed E-state index contributed by atoms with van der Waals surface area (Å²) in [6.07, 6.45) is 6.99. The molecule has 2 N–H and O–H groups in total. The molecule has 1 aromatic heterocycles. The zero-order valence-corrected chi connectivity index (χ0v) is 13.7. The number of rotatable bonds is 4. The first-order valence-electron chi connectivity index (χ1n) is 7.85. The number of thiocarbonyl (C=S) groups is 1. The highest BCUT2D eigenvalue weighted by Gasteiger charge is 2.15. The van der Waals surface area contributed by atoms with Crippen LogP contribution in [0.2, 0.25) is 0 Å². The van der Waals surface area contributed by atoms with E-state index in [2.05, 4.69) is 46.9 Å². The van der Waals surface area contributed by atoms with Crippen LogP contribution >= 0.6 is 12.2 Å². The molecular formula is C17H22N4S. The molecule has 3 rings (SSSR count). The summed E-state index contributed by atoms with van der Waals surface area (Å²) in [5.74, 6) is 0.794. The summed E-state index contributed by atoms with van der Waals surface area (Å²) in [6.45, 7) is 2.86. The summed E-state index contributed by atoms with van der Waals surface area (Å²) in [5.41, 5.74) is 2.52. The van der Waals surface area contributed by atoms with Crippen molar-refractivity contribution >= 4 is 23.1 Å². The second-order valence-electron chi connectivity index (χ2n) is 5.96. The molecule has 0 unspecified atom stereocenters. The molecule has 1 fully saturated rings. The van der Waals surface area contributed by atoms with Crippen molar-refractivity contribution in [3.05, 3.63) is 47.7 Å². The van der Waals surface area contributed by atoms with Gasteiger partial charge in [-0.3, -0.25) is 4.68 Å². The van der Waals surface area contributed by atoms with Gasteiger partial charge in [0.2, 0.25) is 0 Å². The van der Waals surface area contributed by atoms with Crippen LogP contribution in [0.3, 0.4) is 0 Å². The van der Waals surface area contributed by atoms with Crippen molar-refractivity contribution in [2.75, 3.05) is 5.32 Å². The lowest BCUT2D eigenvalue weighted by atomic mass is 10.1. The Morgan fingerprint density at radius 2 is 1.95 bits per heavy atom. The lowest BCUT2D eigenvalue weighted by molar-refractivity contribution is 0.634. The van der Waals surface area contributed by atoms with Crippen molar-refractivity contribution < 1.29 is 0 Å². The maximum Gasteiger partial charge on any atom is 0.172 e. The molecule has 4 nitrogen and oxygen atoms in total. The average molecular weight is 314 g/mol. The number of hydrogen-bond acceptors (Lipinski definition) is 2. The molecule has 5 heteroatoms. The minimum absolute atomic E-state index is 0.523. The molecule has 0 spiro atoms. The van der Waals surface area contributed by atoms with E-state index < -0.39 is 0 Å². The quantitative estimate of drug-likeness (QED) is 0.848. The van der Waals surface area contributed by atoms with Gasteiger partial charge in [0.1, 0.15) is 0 Å². The molecule has 0 amide bonds. The van der Waals surface area contributed by atoms with Gasteiger partial charge in [0, 0.05) is 18.3 Å². The number of hydrogen-bond donors (Lipinski definition) is 2. The molecule has 2 aromatic rings. The Balaban J connectivity index is 1.54. The molecule has 116 valence electrons. The van der Waals surface area contributed by atoms with Crippen LogP contribution in [0.4, 0.5) is 5.82 Å². The zero-order valence-electron chi connectivity index (χ0n) is 12.9. The predicted octanol–water partition coefficient (Wildman–Crippen LogP) is 3.47. The molecule has 1 aromatic carbocycles. The van der Waals surface area contributed by atoms with Gasteiger partial charge in [0.05, 0.1) is 6.54 Å². The van der Waals surface area contributed by atoms with E-state index >= 15 is 0 Å². The van der Waals surface area contributed by atoms with Crippen molar-refractivity contribution in [2.24, 2.45) is 0 Å². The normalized spacial score (nSPS) is 15.0. The van der Waals surface area contributed by atoms with Crippen LogP contribution in [0.5, 0.6) is 0 Å². The first-order valence-corrected chi connectivity index (χ1v) is 8.26. The van der Waals surface area contributed by atoms with Gasteiger partial charge in [-0.05, 0) is 37.5 Å². The van der Waals surface area contributed by atoms with Gasteiger partial charge in [-0.15, -0.1) is 0 Å². The summed E-state index contributed by atoms with van der Waals surface area (Å²) in [4.78, 5) is 0. The Kier molecular flexibility index (Phi) is 4.73. The van der Waals surface area contributed by atoms with Crippen molar-refractivity contribution in [1.82, 2.24) is 15.1 Å². The van der Waals surface area contributed by atoms with E-state index in [1.807, 2.05) is 16.9 Å². The van der Waals surface area contributed by atoms with E-state index in [4.69, 9.17) is 12.2 Å². The zero-order chi connectivity index (χ0) is 15.4. The Hall–Kier alpha value is -1.88. The smallest absolute Gasteiger partial charge is 0.172 e. The van der Waals surface area contributed by atoms with E-state index in [1.54, 1.807) is 0 Å². The van der Waals surface area contributed by atoms with Gasteiger partial charge in [-0.25, -0.2) is 0 Å². The van der Waals surface area contributed by atoms with E-state index in [9.17, 15) is 0 Å². The van der Waals surface area contributed by atoms with E-state index in [-0.39, 0.29) is 0 Å². The molecule has 0 aliphatic heterocycles. The van der Waals surface area contributed by atoms with Gasteiger partial charge in [0.25, 0.3) is 0 Å². The summed E-state index contributed by atoms with van der Waals surface area (Å²) >= 11 is 5.35. The fourth-order valence-electron chi connectivity index (χ4n) is 2.80. The molecule has 1 aliphatic rings. The van der Waals surface area contributed by atoms with Gasteiger partial charge in [-0.1, -0.05) is 42.7 Å². The molecule has 0 bridgehead atoms. The maximum atomic E-state index is 5.35. The summed E-state index contributed by atoms with van der Waals surface area (Å²) < 4.78 is 1.92. The third kappa shape index (κ3) is 4.07. The highest BCUT2D eigenvalue weighted by atomic mass is 32.1. The minimum atomic E-state index is 0.523. The van der Waals surface area contributed by atoms with Gasteiger partial charge < -0.3 is 10.6 Å². The SMILES string of the molecule is Cc1ccc(Cn2ccc(NC(=S)NC3CCCC3)n2)cc1. The van der Waals surface area contributed by atoms with Crippen LogP contribution in [0.25, 0.3) is 0 Å². The van der Waals surface area contributed by atoms with E-state index in [1.165, 1.54) is 36.8 Å². The van der Waals surface area contributed by atoms with Crippen LogP contribution in [-0.2, 0) is 6.54 Å². The van der Waals surface area contributed by atoms with E-state index in [0.29, 0.717) is 11.2 Å². The highest BCUT2D eigenvalue weighted by Crippen LogP contribution is 2.17. The topological polar surface area (TPSA) is 41.9 Å². The molecule has 0 saturated heterocycles. The number of anilines is 1. The number of aromatic nitrogens is 2. The number of benzene rings is 1. The second-order valence-corrected chi connectivity index (χ2v) is 6.37. The molecule has 0 radical (unpaired) electrons. The van der Waals surface area contributed by atoms with Crippen molar-refractivity contribution in [2.45, 2.75) is 45.2 Å². The molecule has 1 saturated carbocycles. The first-order chi connectivity index (χ1) is 10.7. The van der Waals surface area contributed by atoms with Crippen molar-refractivity contribution in [3.63, 3.8) is 0 Å². The molecule has 0 atom stereocenters. The number of nitrogens with zero attached hydrogens (tertiary/aromatic N) is 2. The number of nitrogens with one attached hydrogen (secondary N) is 2. The lowest BCUT2D eigenvalue weighted by Gasteiger charge is -2.14. The largest absolute Gasteiger partial charge is 0.360 e. The fourth-order valence-corrected chi connectivity index (χ4v) is 3.08. The molecule has 22 heavy (non-hydrogen) atoms. The van der Waals surface area contributed by atoms with Crippen LogP contribution < -0.4 is 10.6 Å². The third-order valence-electron chi connectivity index (χ3n) is 4.04.